The number of hydrazine groups is 1. The summed E-state index contributed by atoms with van der Waals surface area (Å²) in [6, 6.07) is -1.57. The Labute approximate surface area is 139 Å². The highest BCUT2D eigenvalue weighted by atomic mass is 79.9. The Hall–Kier alpha value is -1.52. The van der Waals surface area contributed by atoms with Gasteiger partial charge < -0.3 is 10.4 Å². The number of amides is 2. The summed E-state index contributed by atoms with van der Waals surface area (Å²) in [5, 5.41) is 15.3. The third kappa shape index (κ3) is 4.24. The van der Waals surface area contributed by atoms with Gasteiger partial charge in [-0.15, -0.1) is 11.3 Å². The van der Waals surface area contributed by atoms with Crippen molar-refractivity contribution < 1.29 is 19.5 Å². The fourth-order valence-electron chi connectivity index (χ4n) is 2.17. The summed E-state index contributed by atoms with van der Waals surface area (Å²) in [6.07, 6.45) is 1.77. The number of carbonyl (C=O) groups is 3. The smallest absolute Gasteiger partial charge is 0.322 e. The lowest BCUT2D eigenvalue weighted by molar-refractivity contribution is -0.148. The summed E-state index contributed by atoms with van der Waals surface area (Å²) in [4.78, 5) is 38.5. The van der Waals surface area contributed by atoms with E-state index in [1.807, 2.05) is 0 Å². The lowest BCUT2D eigenvalue weighted by Crippen LogP contribution is -2.59. The maximum Gasteiger partial charge on any atom is 0.322 e. The molecule has 2 heterocycles. The summed E-state index contributed by atoms with van der Waals surface area (Å²) in [7, 11) is 0. The maximum absolute atomic E-state index is 12.5. The van der Waals surface area contributed by atoms with Gasteiger partial charge in [-0.2, -0.15) is 0 Å². The number of carbonyl (C=O) groups excluding carboxylic acids is 2. The van der Waals surface area contributed by atoms with E-state index in [2.05, 4.69) is 31.7 Å². The monoisotopic (exact) mass is 390 g/mol. The van der Waals surface area contributed by atoms with Crippen molar-refractivity contribution in [2.75, 3.05) is 6.54 Å². The second kappa shape index (κ2) is 7.65. The van der Waals surface area contributed by atoms with Gasteiger partial charge in [0.05, 0.1) is 5.01 Å². The highest BCUT2D eigenvalue weighted by molar-refractivity contribution is 9.10. The molecule has 0 aliphatic carbocycles. The van der Waals surface area contributed by atoms with E-state index in [9.17, 15) is 14.4 Å². The maximum atomic E-state index is 12.5. The predicted octanol–water partition coefficient (Wildman–Crippen LogP) is 0.143. The Balaban J connectivity index is 2.05. The zero-order chi connectivity index (χ0) is 16.1. The largest absolute Gasteiger partial charge is 0.480 e. The van der Waals surface area contributed by atoms with E-state index in [1.54, 1.807) is 5.38 Å². The van der Waals surface area contributed by atoms with E-state index in [0.717, 1.165) is 0 Å². The van der Waals surface area contributed by atoms with Crippen molar-refractivity contribution in [2.45, 2.75) is 31.3 Å². The van der Waals surface area contributed by atoms with E-state index in [1.165, 1.54) is 16.3 Å². The fraction of sp³-hybridized carbons (Fsp3) is 0.500. The number of thiazole rings is 1. The van der Waals surface area contributed by atoms with Crippen LogP contribution in [0, 0.1) is 0 Å². The van der Waals surface area contributed by atoms with E-state index in [4.69, 9.17) is 5.11 Å². The van der Waals surface area contributed by atoms with Gasteiger partial charge in [0.1, 0.15) is 16.7 Å². The van der Waals surface area contributed by atoms with Crippen LogP contribution in [0.15, 0.2) is 9.98 Å². The number of hydrogen-bond acceptors (Lipinski definition) is 6. The molecule has 0 spiro atoms. The van der Waals surface area contributed by atoms with Crippen molar-refractivity contribution in [1.82, 2.24) is 20.7 Å². The van der Waals surface area contributed by atoms with Crippen molar-refractivity contribution >= 4 is 45.6 Å². The first-order valence-corrected chi connectivity index (χ1v) is 8.28. The van der Waals surface area contributed by atoms with E-state index in [0.29, 0.717) is 35.4 Å². The summed E-state index contributed by atoms with van der Waals surface area (Å²) in [5.74, 6) is -1.37. The molecule has 1 aromatic heterocycles. The van der Waals surface area contributed by atoms with Crippen LogP contribution in [0.4, 0.5) is 0 Å². The number of halogens is 1. The van der Waals surface area contributed by atoms with Crippen LogP contribution in [0.1, 0.15) is 17.8 Å². The first-order valence-electron chi connectivity index (χ1n) is 6.61. The minimum atomic E-state index is -0.999. The van der Waals surface area contributed by atoms with Crippen LogP contribution in [0.5, 0.6) is 0 Å². The minimum absolute atomic E-state index is 0.254. The third-order valence-electron chi connectivity index (χ3n) is 3.22. The fourth-order valence-corrected chi connectivity index (χ4v) is 3.48. The second-order valence-electron chi connectivity index (χ2n) is 4.76. The average molecular weight is 391 g/mol. The summed E-state index contributed by atoms with van der Waals surface area (Å²) < 4.78 is 0.673. The van der Waals surface area contributed by atoms with Gasteiger partial charge in [0.15, 0.2) is 0 Å². The molecule has 0 unspecified atom stereocenters. The summed E-state index contributed by atoms with van der Waals surface area (Å²) in [5.41, 5.74) is 2.68. The molecule has 1 aliphatic rings. The zero-order valence-electron chi connectivity index (χ0n) is 11.5. The number of carboxylic acids is 1. The van der Waals surface area contributed by atoms with E-state index < -0.39 is 18.1 Å². The molecule has 8 nitrogen and oxygen atoms in total. The topological polar surface area (TPSA) is 112 Å². The average Bonchev–Trinajstić information content (AvgIpc) is 2.91. The molecule has 10 heteroatoms. The molecule has 2 rings (SSSR count). The van der Waals surface area contributed by atoms with Crippen LogP contribution < -0.4 is 10.7 Å². The molecule has 22 heavy (non-hydrogen) atoms. The quantitative estimate of drug-likeness (QED) is 0.595. The minimum Gasteiger partial charge on any atom is -0.480 e. The molecule has 0 aromatic carbocycles. The molecule has 0 saturated carbocycles. The van der Waals surface area contributed by atoms with Crippen molar-refractivity contribution in [3.63, 3.8) is 0 Å². The van der Waals surface area contributed by atoms with Crippen molar-refractivity contribution in [3.8, 4) is 0 Å². The van der Waals surface area contributed by atoms with Crippen LogP contribution in [0.2, 0.25) is 0 Å². The zero-order valence-corrected chi connectivity index (χ0v) is 13.9. The number of aliphatic carboxylic acids is 1. The van der Waals surface area contributed by atoms with Crippen LogP contribution in [0.25, 0.3) is 0 Å². The SMILES string of the molecule is O=CN[C@@H](Cc1nc(Br)cs1)C(=O)N1CCC[C@@H](C(=O)O)N1. The molecule has 120 valence electrons. The van der Waals surface area contributed by atoms with Crippen LogP contribution in [-0.2, 0) is 20.8 Å². The standard InChI is InChI=1S/C12H15BrN4O4S/c13-9-5-22-10(15-9)4-8(14-6-18)11(19)17-3-1-2-7(16-17)12(20)21/h5-8,16H,1-4H2,(H,14,18)(H,20,21)/t7-,8-/m0/s1. The van der Waals surface area contributed by atoms with Crippen molar-refractivity contribution in [3.05, 3.63) is 15.0 Å². The molecule has 1 saturated heterocycles. The molecule has 0 bridgehead atoms. The second-order valence-corrected chi connectivity index (χ2v) is 6.51. The molecular formula is C12H15BrN4O4S. The number of aromatic nitrogens is 1. The van der Waals surface area contributed by atoms with Crippen molar-refractivity contribution in [1.29, 1.82) is 0 Å². The van der Waals surface area contributed by atoms with Gasteiger partial charge in [-0.05, 0) is 28.8 Å². The summed E-state index contributed by atoms with van der Waals surface area (Å²) >= 11 is 4.61. The van der Waals surface area contributed by atoms with Gasteiger partial charge >= 0.3 is 5.97 Å². The van der Waals surface area contributed by atoms with Crippen molar-refractivity contribution in [2.24, 2.45) is 0 Å². The van der Waals surface area contributed by atoms with Crippen LogP contribution in [-0.4, -0.2) is 52.0 Å². The summed E-state index contributed by atoms with van der Waals surface area (Å²) in [6.45, 7) is 0.404. The van der Waals surface area contributed by atoms with E-state index >= 15 is 0 Å². The van der Waals surface area contributed by atoms with Gasteiger partial charge in [-0.3, -0.25) is 19.4 Å². The Kier molecular flexibility index (Phi) is 5.86. The number of rotatable bonds is 6. The predicted molar refractivity (Wildman–Crippen MR) is 82.0 cm³/mol. The normalized spacial score (nSPS) is 19.5. The molecular weight excluding hydrogens is 376 g/mol. The first kappa shape index (κ1) is 16.8. The highest BCUT2D eigenvalue weighted by Crippen LogP contribution is 2.17. The Morgan fingerprint density at radius 1 is 1.68 bits per heavy atom. The Morgan fingerprint density at radius 3 is 3.05 bits per heavy atom. The van der Waals surface area contributed by atoms with Gasteiger partial charge in [0.25, 0.3) is 5.91 Å². The molecule has 1 aliphatic heterocycles. The number of hydrogen-bond donors (Lipinski definition) is 3. The van der Waals surface area contributed by atoms with Crippen LogP contribution >= 0.6 is 27.3 Å². The Morgan fingerprint density at radius 2 is 2.45 bits per heavy atom. The third-order valence-corrected chi connectivity index (χ3v) is 4.80. The van der Waals surface area contributed by atoms with E-state index in [-0.39, 0.29) is 12.3 Å². The Bertz CT molecular complexity index is 567. The van der Waals surface area contributed by atoms with Crippen LogP contribution in [0.3, 0.4) is 0 Å². The van der Waals surface area contributed by atoms with Gasteiger partial charge in [-0.1, -0.05) is 0 Å². The molecule has 2 amide bonds. The van der Waals surface area contributed by atoms with Gasteiger partial charge in [-0.25, -0.2) is 10.4 Å². The highest BCUT2D eigenvalue weighted by Gasteiger charge is 2.31. The van der Waals surface area contributed by atoms with Gasteiger partial charge in [0, 0.05) is 18.3 Å². The number of nitrogens with zero attached hydrogens (tertiary/aromatic N) is 2. The molecule has 3 N–H and O–H groups in total. The molecule has 0 radical (unpaired) electrons. The molecule has 2 atom stereocenters. The lowest BCUT2D eigenvalue weighted by atomic mass is 10.1. The number of nitrogens with one attached hydrogen (secondary N) is 2. The number of carboxylic acid groups (broad SMARTS) is 1. The molecule has 1 aromatic rings. The van der Waals surface area contributed by atoms with Gasteiger partial charge in [0.2, 0.25) is 6.41 Å². The first-order chi connectivity index (χ1) is 10.5. The lowest BCUT2D eigenvalue weighted by Gasteiger charge is -2.33. The molecule has 1 fully saturated rings.